The molecule has 1 aromatic heterocycles. The standard InChI is InChI=1S/C53H37N3O2S/c1-35(37-25-27-39(28-26-37)38-15-6-3-7-16-38)54-53(40-17-8-4-9-18-40)55-36(2)44-22-14-24-51-52(44)47-34-42(30-32-50(47)59(51,57)58)41-29-31-49-46(33-41)45-21-12-13-23-48(45)56(49)43-19-10-5-11-20-43/h3-34H,2H2,1H3. The summed E-state index contributed by atoms with van der Waals surface area (Å²) in [5.41, 5.74) is 12.4. The van der Waals surface area contributed by atoms with Crippen molar-refractivity contribution >= 4 is 48.9 Å². The fraction of sp³-hybridized carbons (Fsp3) is 0.0189. The van der Waals surface area contributed by atoms with Crippen LogP contribution < -0.4 is 0 Å². The highest BCUT2D eigenvalue weighted by atomic mass is 32.2. The molecule has 0 amide bonds. The summed E-state index contributed by atoms with van der Waals surface area (Å²) >= 11 is 0. The van der Waals surface area contributed by atoms with Crippen molar-refractivity contribution in [3.63, 3.8) is 0 Å². The first-order valence-corrected chi connectivity index (χ1v) is 21.0. The molecule has 9 aromatic rings. The van der Waals surface area contributed by atoms with Gasteiger partial charge in [0.1, 0.15) is 0 Å². The second kappa shape index (κ2) is 14.5. The van der Waals surface area contributed by atoms with Crippen LogP contribution >= 0.6 is 0 Å². The molecule has 6 heteroatoms. The summed E-state index contributed by atoms with van der Waals surface area (Å²) in [6, 6.07) is 64.7. The van der Waals surface area contributed by atoms with Crippen molar-refractivity contribution in [2.45, 2.75) is 16.7 Å². The second-order valence-electron chi connectivity index (χ2n) is 14.7. The highest BCUT2D eigenvalue weighted by Gasteiger charge is 2.35. The number of aromatic nitrogens is 1. The predicted octanol–water partition coefficient (Wildman–Crippen LogP) is 12.9. The number of sulfone groups is 1. The summed E-state index contributed by atoms with van der Waals surface area (Å²) in [7, 11) is -3.79. The van der Waals surface area contributed by atoms with Crippen LogP contribution in [0.2, 0.25) is 0 Å². The van der Waals surface area contributed by atoms with E-state index in [1.54, 1.807) is 18.2 Å². The van der Waals surface area contributed by atoms with Crippen LogP contribution in [0.15, 0.2) is 220 Å². The Balaban J connectivity index is 1.06. The van der Waals surface area contributed by atoms with Gasteiger partial charge in [0.15, 0.2) is 5.84 Å². The summed E-state index contributed by atoms with van der Waals surface area (Å²) < 4.78 is 30.5. The third kappa shape index (κ3) is 6.31. The highest BCUT2D eigenvalue weighted by molar-refractivity contribution is 7.92. The first-order valence-electron chi connectivity index (χ1n) is 19.5. The molecule has 8 aromatic carbocycles. The van der Waals surface area contributed by atoms with Gasteiger partial charge >= 0.3 is 0 Å². The Labute approximate surface area is 343 Å². The monoisotopic (exact) mass is 779 g/mol. The molecule has 59 heavy (non-hydrogen) atoms. The van der Waals surface area contributed by atoms with Gasteiger partial charge in [-0.05, 0) is 83.3 Å². The van der Waals surface area contributed by atoms with E-state index in [0.717, 1.165) is 66.6 Å². The molecule has 1 aliphatic heterocycles. The summed E-state index contributed by atoms with van der Waals surface area (Å²) in [6.07, 6.45) is 0. The minimum Gasteiger partial charge on any atom is -0.309 e. The molecule has 0 fully saturated rings. The average Bonchev–Trinajstić information content (AvgIpc) is 3.74. The van der Waals surface area contributed by atoms with Crippen LogP contribution in [-0.4, -0.2) is 24.5 Å². The molecule has 282 valence electrons. The molecule has 0 bridgehead atoms. The average molecular weight is 780 g/mol. The third-order valence-electron chi connectivity index (χ3n) is 11.1. The quantitative estimate of drug-likeness (QED) is 0.119. The van der Waals surface area contributed by atoms with Crippen LogP contribution in [0.5, 0.6) is 0 Å². The number of nitrogens with zero attached hydrogens (tertiary/aromatic N) is 3. The van der Waals surface area contributed by atoms with Crippen molar-refractivity contribution in [2.75, 3.05) is 0 Å². The summed E-state index contributed by atoms with van der Waals surface area (Å²) in [4.78, 5) is 10.6. The van der Waals surface area contributed by atoms with Gasteiger partial charge in [-0.15, -0.1) is 0 Å². The molecule has 0 atom stereocenters. The van der Waals surface area contributed by atoms with Crippen LogP contribution in [0.1, 0.15) is 23.6 Å². The lowest BCUT2D eigenvalue weighted by atomic mass is 9.94. The number of amidine groups is 1. The van der Waals surface area contributed by atoms with Gasteiger partial charge in [0.2, 0.25) is 9.84 Å². The van der Waals surface area contributed by atoms with Gasteiger partial charge in [-0.2, -0.15) is 0 Å². The van der Waals surface area contributed by atoms with Crippen LogP contribution in [0.4, 0.5) is 0 Å². The van der Waals surface area contributed by atoms with Gasteiger partial charge in [-0.25, -0.2) is 18.4 Å². The molecule has 0 saturated heterocycles. The van der Waals surface area contributed by atoms with Gasteiger partial charge in [0, 0.05) is 44.4 Å². The van der Waals surface area contributed by atoms with Crippen LogP contribution in [-0.2, 0) is 9.84 Å². The first-order chi connectivity index (χ1) is 28.8. The van der Waals surface area contributed by atoms with E-state index in [9.17, 15) is 8.42 Å². The van der Waals surface area contributed by atoms with Crippen LogP contribution in [0.25, 0.3) is 66.6 Å². The zero-order chi connectivity index (χ0) is 40.1. The number of hydrogen-bond acceptors (Lipinski definition) is 3. The van der Waals surface area contributed by atoms with E-state index in [-0.39, 0.29) is 9.79 Å². The molecule has 0 radical (unpaired) electrons. The number of rotatable bonds is 7. The molecule has 0 unspecified atom stereocenters. The minimum atomic E-state index is -3.79. The van der Waals surface area contributed by atoms with Crippen molar-refractivity contribution in [3.8, 4) is 39.1 Å². The van der Waals surface area contributed by atoms with E-state index in [1.165, 1.54) is 0 Å². The van der Waals surface area contributed by atoms with E-state index in [2.05, 4.69) is 114 Å². The SMILES string of the molecule is C=C(N=C(N=C(C)c1ccc(-c2ccccc2)cc1)c1ccccc1)c1cccc2c1-c1cc(-c3ccc4c(c3)c3ccccc3n4-c3ccccc3)ccc1S2(=O)=O. The maximum absolute atomic E-state index is 14.1. The molecular weight excluding hydrogens is 743 g/mol. The summed E-state index contributed by atoms with van der Waals surface area (Å²) in [5, 5.41) is 2.27. The van der Waals surface area contributed by atoms with Crippen molar-refractivity contribution in [2.24, 2.45) is 9.98 Å². The van der Waals surface area contributed by atoms with Crippen molar-refractivity contribution < 1.29 is 8.42 Å². The molecule has 1 aliphatic rings. The van der Waals surface area contributed by atoms with E-state index in [4.69, 9.17) is 9.98 Å². The number of hydrogen-bond donors (Lipinski definition) is 0. The molecule has 10 rings (SSSR count). The van der Waals surface area contributed by atoms with E-state index in [0.29, 0.717) is 28.2 Å². The normalized spacial score (nSPS) is 13.4. The third-order valence-corrected chi connectivity index (χ3v) is 13.0. The Morgan fingerprint density at radius 1 is 0.508 bits per heavy atom. The number of para-hydroxylation sites is 2. The van der Waals surface area contributed by atoms with Gasteiger partial charge in [0.25, 0.3) is 0 Å². The maximum Gasteiger partial charge on any atom is 0.207 e. The van der Waals surface area contributed by atoms with Gasteiger partial charge in [0.05, 0.1) is 26.5 Å². The smallest absolute Gasteiger partial charge is 0.207 e. The number of benzene rings is 8. The Morgan fingerprint density at radius 2 is 1.12 bits per heavy atom. The number of fused-ring (bicyclic) bond motifs is 6. The van der Waals surface area contributed by atoms with Crippen LogP contribution in [0.3, 0.4) is 0 Å². The van der Waals surface area contributed by atoms with Gasteiger partial charge in [-0.1, -0.05) is 152 Å². The minimum absolute atomic E-state index is 0.249. The van der Waals surface area contributed by atoms with E-state index in [1.807, 2.05) is 79.7 Å². The van der Waals surface area contributed by atoms with E-state index < -0.39 is 9.84 Å². The Kier molecular flexibility index (Phi) is 8.85. The van der Waals surface area contributed by atoms with Crippen molar-refractivity contribution in [1.82, 2.24) is 4.57 Å². The second-order valence-corrected chi connectivity index (χ2v) is 16.6. The maximum atomic E-state index is 14.1. The lowest BCUT2D eigenvalue weighted by Gasteiger charge is -2.12. The topological polar surface area (TPSA) is 63.8 Å². The van der Waals surface area contributed by atoms with Crippen molar-refractivity contribution in [3.05, 3.63) is 217 Å². The predicted molar refractivity (Wildman–Crippen MR) is 243 cm³/mol. The fourth-order valence-corrected chi connectivity index (χ4v) is 9.91. The van der Waals surface area contributed by atoms with Gasteiger partial charge in [-0.3, -0.25) is 0 Å². The fourth-order valence-electron chi connectivity index (χ4n) is 8.23. The molecule has 0 N–H and O–H groups in total. The van der Waals surface area contributed by atoms with Crippen LogP contribution in [0, 0.1) is 0 Å². The van der Waals surface area contributed by atoms with E-state index >= 15 is 0 Å². The lowest BCUT2D eigenvalue weighted by molar-refractivity contribution is 0.598. The summed E-state index contributed by atoms with van der Waals surface area (Å²) in [6.45, 7) is 6.40. The Hall–Kier alpha value is -7.41. The highest BCUT2D eigenvalue weighted by Crippen LogP contribution is 2.48. The lowest BCUT2D eigenvalue weighted by Crippen LogP contribution is -2.04. The zero-order valence-electron chi connectivity index (χ0n) is 32.2. The molecular formula is C53H37N3O2S. The first kappa shape index (κ1) is 36.0. The molecule has 2 heterocycles. The zero-order valence-corrected chi connectivity index (χ0v) is 33.1. The Morgan fingerprint density at radius 3 is 1.88 bits per heavy atom. The summed E-state index contributed by atoms with van der Waals surface area (Å²) in [5.74, 6) is 0.482. The number of aliphatic imine (C=N–C) groups is 2. The van der Waals surface area contributed by atoms with Crippen molar-refractivity contribution in [1.29, 1.82) is 0 Å². The molecule has 5 nitrogen and oxygen atoms in total. The van der Waals surface area contributed by atoms with Gasteiger partial charge < -0.3 is 4.57 Å². The Bertz CT molecular complexity index is 3280. The molecule has 0 spiro atoms. The molecule has 0 saturated carbocycles. The molecule has 0 aliphatic carbocycles. The largest absolute Gasteiger partial charge is 0.309 e.